The first kappa shape index (κ1) is 52.8. The lowest BCUT2D eigenvalue weighted by Gasteiger charge is -2.30. The van der Waals surface area contributed by atoms with E-state index < -0.39 is 46.0 Å². The number of fused-ring (bicyclic) bond motifs is 4. The largest absolute Gasteiger partial charge is 0.461 e. The number of esters is 1. The maximum atomic E-state index is 14.3. The summed E-state index contributed by atoms with van der Waals surface area (Å²) in [5.74, 6) is -1.47. The average molecular weight is 961 g/mol. The van der Waals surface area contributed by atoms with Gasteiger partial charge in [0.05, 0.1) is 47.8 Å². The second-order valence-corrected chi connectivity index (χ2v) is 18.3. The number of para-hydroxylation sites is 1. The fourth-order valence-corrected chi connectivity index (χ4v) is 9.35. The van der Waals surface area contributed by atoms with Gasteiger partial charge < -0.3 is 44.5 Å². The number of hydrogen-bond acceptors (Lipinski definition) is 14. The summed E-state index contributed by atoms with van der Waals surface area (Å²) < 4.78 is 51.9. The monoisotopic (exact) mass is 960 g/mol. The standard InChI is InChI=1S/C49H64N6O12S/c1-4-44(57)67-36(34-68(61,62)37-19-8-6-9-20-37)18-7-5-10-23-40-45-39-22-13-14-25-42(39)55(33-35-17-11-12-21-38(35)46(45)54-53-40)43(56)26-28-50-47(58)41(52-49(60)66-32-30-64-3)24-15-16-27-51-48(59)65-31-29-63-2/h6,8-9,11-14,17,19-22,25,36,40-41H,4-5,7,10,15-16,18,23-24,26-34H2,1-3H3,(H,50,58)(H,51,59)(H,52,60). The smallest absolute Gasteiger partial charge is 0.407 e. The Morgan fingerprint density at radius 1 is 0.750 bits per heavy atom. The van der Waals surface area contributed by atoms with Gasteiger partial charge in [-0.25, -0.2) is 18.0 Å². The molecule has 0 aromatic heterocycles. The van der Waals surface area contributed by atoms with E-state index in [2.05, 4.69) is 16.0 Å². The van der Waals surface area contributed by atoms with Crippen molar-refractivity contribution in [2.75, 3.05) is 64.4 Å². The molecule has 0 spiro atoms. The molecular weight excluding hydrogens is 897 g/mol. The van der Waals surface area contributed by atoms with Crippen LogP contribution in [0.15, 0.2) is 94.0 Å². The number of carbonyl (C=O) groups excluding carboxylic acids is 5. The van der Waals surface area contributed by atoms with Crippen molar-refractivity contribution in [1.82, 2.24) is 16.0 Å². The lowest BCUT2D eigenvalue weighted by atomic mass is 9.87. The van der Waals surface area contributed by atoms with Crippen molar-refractivity contribution in [3.63, 3.8) is 0 Å². The quantitative estimate of drug-likeness (QED) is 0.0408. The highest BCUT2D eigenvalue weighted by atomic mass is 32.2. The first-order valence-electron chi connectivity index (χ1n) is 23.2. The van der Waals surface area contributed by atoms with Crippen LogP contribution in [0.2, 0.25) is 0 Å². The third kappa shape index (κ3) is 16.0. The molecule has 5 rings (SSSR count). The Morgan fingerprint density at radius 3 is 2.16 bits per heavy atom. The average Bonchev–Trinajstić information content (AvgIpc) is 3.75. The lowest BCUT2D eigenvalue weighted by Crippen LogP contribution is -2.48. The number of rotatable bonds is 27. The summed E-state index contributed by atoms with van der Waals surface area (Å²) in [5, 5.41) is 17.6. The number of carbonyl (C=O) groups is 5. The van der Waals surface area contributed by atoms with E-state index in [0.717, 1.165) is 40.8 Å². The molecule has 3 aromatic carbocycles. The van der Waals surface area contributed by atoms with E-state index in [0.29, 0.717) is 44.3 Å². The number of nitrogens with zero attached hydrogens (tertiary/aromatic N) is 3. The van der Waals surface area contributed by atoms with Gasteiger partial charge in [-0.15, -0.1) is 0 Å². The fraction of sp³-hybridized carbons (Fsp3) is 0.490. The number of azo groups is 1. The van der Waals surface area contributed by atoms with Crippen LogP contribution in [0.25, 0.3) is 11.3 Å². The van der Waals surface area contributed by atoms with Gasteiger partial charge in [-0.1, -0.05) is 80.4 Å². The molecule has 2 aliphatic rings. The lowest BCUT2D eigenvalue weighted by molar-refractivity contribution is -0.148. The predicted octanol–water partition coefficient (Wildman–Crippen LogP) is 6.77. The molecule has 3 unspecified atom stereocenters. The Hall–Kier alpha value is -6.18. The second-order valence-electron chi connectivity index (χ2n) is 16.3. The molecule has 19 heteroatoms. The van der Waals surface area contributed by atoms with Crippen LogP contribution < -0.4 is 20.9 Å². The van der Waals surface area contributed by atoms with Crippen LogP contribution in [0.4, 0.5) is 15.3 Å². The highest BCUT2D eigenvalue weighted by Gasteiger charge is 2.34. The van der Waals surface area contributed by atoms with Gasteiger partial charge in [0.25, 0.3) is 0 Å². The number of unbranched alkanes of at least 4 members (excludes halogenated alkanes) is 3. The number of sulfone groups is 1. The second kappa shape index (κ2) is 27.6. The minimum Gasteiger partial charge on any atom is -0.461 e. The number of alkyl carbamates (subject to hydrolysis) is 2. The number of anilines is 1. The van der Waals surface area contributed by atoms with Crippen LogP contribution in [0.3, 0.4) is 0 Å². The van der Waals surface area contributed by atoms with Crippen molar-refractivity contribution >= 4 is 56.8 Å². The summed E-state index contributed by atoms with van der Waals surface area (Å²) in [6.45, 7) is 2.76. The zero-order chi connectivity index (χ0) is 48.7. The molecule has 3 atom stereocenters. The molecule has 0 saturated heterocycles. The van der Waals surface area contributed by atoms with Gasteiger partial charge in [-0.05, 0) is 62.3 Å². The first-order chi connectivity index (χ1) is 32.9. The number of ether oxygens (including phenoxy) is 5. The van der Waals surface area contributed by atoms with Crippen LogP contribution >= 0.6 is 0 Å². The summed E-state index contributed by atoms with van der Waals surface area (Å²) in [6.07, 6.45) is 2.24. The molecule has 0 bridgehead atoms. The summed E-state index contributed by atoms with van der Waals surface area (Å²) in [5.41, 5.74) is 4.87. The van der Waals surface area contributed by atoms with E-state index in [1.54, 1.807) is 30.0 Å². The summed E-state index contributed by atoms with van der Waals surface area (Å²) in [6, 6.07) is 22.3. The van der Waals surface area contributed by atoms with Crippen molar-refractivity contribution < 1.29 is 56.1 Å². The highest BCUT2D eigenvalue weighted by Crippen LogP contribution is 2.45. The van der Waals surface area contributed by atoms with Gasteiger partial charge in [0.2, 0.25) is 11.8 Å². The Morgan fingerprint density at radius 2 is 1.43 bits per heavy atom. The molecule has 18 nitrogen and oxygen atoms in total. The SMILES string of the molecule is CCC(=O)OC(CCCCCC1N=NC2=C1c1ccccc1N(C(=O)CCNC(=O)C(CCCCNC(=O)OCCOC)NC(=O)OCCOC)Cc1ccccc12)CS(=O)(=O)c1ccccc1. The molecule has 0 aliphatic carbocycles. The zero-order valence-corrected chi connectivity index (χ0v) is 39.9. The third-order valence-corrected chi connectivity index (χ3v) is 13.1. The normalized spacial score (nSPS) is 14.9. The van der Waals surface area contributed by atoms with E-state index in [1.165, 1.54) is 26.4 Å². The van der Waals surface area contributed by atoms with Gasteiger partial charge in [-0.2, -0.15) is 10.2 Å². The summed E-state index contributed by atoms with van der Waals surface area (Å²) in [4.78, 5) is 66.5. The van der Waals surface area contributed by atoms with E-state index in [9.17, 15) is 32.4 Å². The Labute approximate surface area is 398 Å². The highest BCUT2D eigenvalue weighted by molar-refractivity contribution is 7.91. The van der Waals surface area contributed by atoms with E-state index in [-0.39, 0.29) is 81.4 Å². The molecule has 3 N–H and O–H groups in total. The van der Waals surface area contributed by atoms with Crippen LogP contribution in [-0.2, 0) is 54.4 Å². The van der Waals surface area contributed by atoms with Crippen molar-refractivity contribution in [2.45, 2.75) is 101 Å². The van der Waals surface area contributed by atoms with Gasteiger partial charge >= 0.3 is 18.2 Å². The molecule has 4 amide bonds. The van der Waals surface area contributed by atoms with Crippen molar-refractivity contribution in [1.29, 1.82) is 0 Å². The minimum absolute atomic E-state index is 0.00666. The number of benzene rings is 3. The fourth-order valence-electron chi connectivity index (χ4n) is 7.86. The summed E-state index contributed by atoms with van der Waals surface area (Å²) in [7, 11) is -0.698. The first-order valence-corrected chi connectivity index (χ1v) is 24.8. The number of methoxy groups -OCH3 is 2. The maximum Gasteiger partial charge on any atom is 0.407 e. The third-order valence-electron chi connectivity index (χ3n) is 11.3. The molecule has 3 aromatic rings. The Balaban J connectivity index is 1.22. The van der Waals surface area contributed by atoms with E-state index in [1.807, 2.05) is 48.5 Å². The van der Waals surface area contributed by atoms with Crippen LogP contribution in [0.1, 0.15) is 87.8 Å². The van der Waals surface area contributed by atoms with Gasteiger partial charge in [-0.3, -0.25) is 14.4 Å². The molecule has 0 saturated carbocycles. The molecule has 2 heterocycles. The topological polar surface area (TPSA) is 230 Å². The van der Waals surface area contributed by atoms with Crippen molar-refractivity contribution in [3.8, 4) is 0 Å². The number of nitrogens with one attached hydrogen (secondary N) is 3. The van der Waals surface area contributed by atoms with E-state index in [4.69, 9.17) is 33.9 Å². The van der Waals surface area contributed by atoms with Crippen LogP contribution in [0, 0.1) is 0 Å². The molecule has 68 heavy (non-hydrogen) atoms. The molecule has 368 valence electrons. The summed E-state index contributed by atoms with van der Waals surface area (Å²) >= 11 is 0. The Bertz CT molecular complexity index is 2330. The minimum atomic E-state index is -3.68. The van der Waals surface area contributed by atoms with Crippen molar-refractivity contribution in [3.05, 3.63) is 95.6 Å². The number of hydrogen-bond donors (Lipinski definition) is 3. The molecule has 0 radical (unpaired) electrons. The van der Waals surface area contributed by atoms with Crippen LogP contribution in [-0.4, -0.2) is 116 Å². The maximum absolute atomic E-state index is 14.3. The van der Waals surface area contributed by atoms with Gasteiger partial charge in [0, 0.05) is 56.9 Å². The van der Waals surface area contributed by atoms with Crippen LogP contribution in [0.5, 0.6) is 0 Å². The zero-order valence-electron chi connectivity index (χ0n) is 39.1. The predicted molar refractivity (Wildman–Crippen MR) is 254 cm³/mol. The van der Waals surface area contributed by atoms with Gasteiger partial charge in [0.15, 0.2) is 9.84 Å². The molecule has 0 fully saturated rings. The molecular formula is C49H64N6O12S. The van der Waals surface area contributed by atoms with Gasteiger partial charge in [0.1, 0.15) is 25.4 Å². The van der Waals surface area contributed by atoms with E-state index >= 15 is 0 Å². The molecule has 2 aliphatic heterocycles. The van der Waals surface area contributed by atoms with Crippen molar-refractivity contribution in [2.24, 2.45) is 10.2 Å². The number of amides is 4. The Kier molecular flexibility index (Phi) is 21.4.